The number of methoxy groups -OCH3 is 1. The average Bonchev–Trinajstić information content (AvgIpc) is 2.28. The summed E-state index contributed by atoms with van der Waals surface area (Å²) < 4.78 is 30.0. The Hall–Kier alpha value is -1.76. The molecule has 1 aromatic carbocycles. The van der Waals surface area contributed by atoms with Crippen LogP contribution in [0.5, 0.6) is 0 Å². The van der Waals surface area contributed by atoms with Gasteiger partial charge in [0.1, 0.15) is 0 Å². The maximum atomic E-state index is 11.6. The molecule has 0 heterocycles. The van der Waals surface area contributed by atoms with E-state index < -0.39 is 16.1 Å². The summed E-state index contributed by atoms with van der Waals surface area (Å²) in [4.78, 5) is 11.0. The van der Waals surface area contributed by atoms with Gasteiger partial charge >= 0.3 is 6.09 Å². The van der Waals surface area contributed by atoms with E-state index in [2.05, 4.69) is 14.8 Å². The standard InChI is InChI=1S/C11H16N2O4S/c1-3-7-18(15,16)13-10-6-4-5-9(8-10)12-11(14)17-2/h4-6,8,13H,3,7H2,1-2H3,(H,12,14). The van der Waals surface area contributed by atoms with Crippen molar-refractivity contribution in [3.8, 4) is 0 Å². The van der Waals surface area contributed by atoms with Crippen LogP contribution in [0.4, 0.5) is 16.2 Å². The van der Waals surface area contributed by atoms with Gasteiger partial charge in [-0.15, -0.1) is 0 Å². The number of rotatable bonds is 5. The molecule has 0 fully saturated rings. The lowest BCUT2D eigenvalue weighted by atomic mass is 10.3. The maximum absolute atomic E-state index is 11.6. The monoisotopic (exact) mass is 272 g/mol. The molecule has 7 heteroatoms. The SMILES string of the molecule is CCCS(=O)(=O)Nc1cccc(NC(=O)OC)c1. The average molecular weight is 272 g/mol. The van der Waals surface area contributed by atoms with Crippen LogP contribution in [-0.4, -0.2) is 27.4 Å². The van der Waals surface area contributed by atoms with Crippen molar-refractivity contribution < 1.29 is 17.9 Å². The topological polar surface area (TPSA) is 84.5 Å². The maximum Gasteiger partial charge on any atom is 0.411 e. The molecular weight excluding hydrogens is 256 g/mol. The quantitative estimate of drug-likeness (QED) is 0.858. The van der Waals surface area contributed by atoms with Crippen molar-refractivity contribution in [2.24, 2.45) is 0 Å². The molecule has 0 aliphatic heterocycles. The third kappa shape index (κ3) is 4.62. The van der Waals surface area contributed by atoms with Crippen LogP contribution in [0.2, 0.25) is 0 Å². The fraction of sp³-hybridized carbons (Fsp3) is 0.364. The van der Waals surface area contributed by atoms with Crippen LogP contribution < -0.4 is 10.0 Å². The van der Waals surface area contributed by atoms with Gasteiger partial charge in [0.25, 0.3) is 0 Å². The lowest BCUT2D eigenvalue weighted by molar-refractivity contribution is 0.187. The summed E-state index contributed by atoms with van der Waals surface area (Å²) in [6.07, 6.45) is -0.0707. The van der Waals surface area contributed by atoms with Crippen molar-refractivity contribution in [2.75, 3.05) is 22.9 Å². The van der Waals surface area contributed by atoms with E-state index in [4.69, 9.17) is 0 Å². The predicted molar refractivity (Wildman–Crippen MR) is 70.2 cm³/mol. The van der Waals surface area contributed by atoms with Crippen LogP contribution in [0.1, 0.15) is 13.3 Å². The second kappa shape index (κ2) is 6.25. The highest BCUT2D eigenvalue weighted by Gasteiger charge is 2.09. The molecule has 0 bridgehead atoms. The van der Waals surface area contributed by atoms with Gasteiger partial charge in [-0.1, -0.05) is 13.0 Å². The van der Waals surface area contributed by atoms with E-state index in [1.807, 2.05) is 0 Å². The lowest BCUT2D eigenvalue weighted by Gasteiger charge is -2.09. The summed E-state index contributed by atoms with van der Waals surface area (Å²) in [5.41, 5.74) is 0.857. The first-order valence-corrected chi connectivity index (χ1v) is 7.07. The molecule has 0 spiro atoms. The molecule has 100 valence electrons. The highest BCUT2D eigenvalue weighted by molar-refractivity contribution is 7.92. The van der Waals surface area contributed by atoms with Crippen LogP contribution >= 0.6 is 0 Å². The van der Waals surface area contributed by atoms with E-state index in [9.17, 15) is 13.2 Å². The molecule has 2 N–H and O–H groups in total. The molecule has 0 aliphatic carbocycles. The number of carbonyl (C=O) groups excluding carboxylic acids is 1. The second-order valence-corrected chi connectivity index (χ2v) is 5.46. The summed E-state index contributed by atoms with van der Waals surface area (Å²) in [5, 5.41) is 2.45. The molecule has 1 amide bonds. The number of sulfonamides is 1. The lowest BCUT2D eigenvalue weighted by Crippen LogP contribution is -2.16. The second-order valence-electron chi connectivity index (χ2n) is 3.62. The molecule has 6 nitrogen and oxygen atoms in total. The molecule has 1 rings (SSSR count). The molecule has 0 saturated carbocycles. The summed E-state index contributed by atoms with van der Waals surface area (Å²) >= 11 is 0. The van der Waals surface area contributed by atoms with Crippen molar-refractivity contribution >= 4 is 27.5 Å². The van der Waals surface area contributed by atoms with Gasteiger partial charge in [-0.05, 0) is 24.6 Å². The highest BCUT2D eigenvalue weighted by Crippen LogP contribution is 2.16. The molecule has 0 atom stereocenters. The first kappa shape index (κ1) is 14.3. The Balaban J connectivity index is 2.79. The van der Waals surface area contributed by atoms with Gasteiger partial charge in [-0.3, -0.25) is 10.0 Å². The van der Waals surface area contributed by atoms with E-state index in [1.165, 1.54) is 13.2 Å². The molecule has 0 radical (unpaired) electrons. The summed E-state index contributed by atoms with van der Waals surface area (Å²) in [6.45, 7) is 1.79. The van der Waals surface area contributed by atoms with Crippen LogP contribution in [0.15, 0.2) is 24.3 Å². The van der Waals surface area contributed by atoms with Gasteiger partial charge in [-0.25, -0.2) is 13.2 Å². The Kier molecular flexibility index (Phi) is 4.96. The van der Waals surface area contributed by atoms with Crippen molar-refractivity contribution in [1.29, 1.82) is 0 Å². The molecular formula is C11H16N2O4S. The number of ether oxygens (including phenoxy) is 1. The Morgan fingerprint density at radius 2 is 2.00 bits per heavy atom. The van der Waals surface area contributed by atoms with Crippen LogP contribution in [0, 0.1) is 0 Å². The van der Waals surface area contributed by atoms with Gasteiger partial charge in [-0.2, -0.15) is 0 Å². The smallest absolute Gasteiger partial charge is 0.411 e. The normalized spacial score (nSPS) is 10.8. The Bertz CT molecular complexity index is 514. The van der Waals surface area contributed by atoms with E-state index in [-0.39, 0.29) is 5.75 Å². The summed E-state index contributed by atoms with van der Waals surface area (Å²) in [5.74, 6) is 0.0572. The minimum absolute atomic E-state index is 0.0572. The largest absolute Gasteiger partial charge is 0.453 e. The van der Waals surface area contributed by atoms with Crippen LogP contribution in [0.25, 0.3) is 0 Å². The van der Waals surface area contributed by atoms with E-state index in [0.717, 1.165) is 0 Å². The number of benzene rings is 1. The van der Waals surface area contributed by atoms with Crippen LogP contribution in [0.3, 0.4) is 0 Å². The fourth-order valence-corrected chi connectivity index (χ4v) is 2.45. The zero-order valence-electron chi connectivity index (χ0n) is 10.3. The first-order valence-electron chi connectivity index (χ1n) is 5.42. The van der Waals surface area contributed by atoms with Crippen molar-refractivity contribution in [2.45, 2.75) is 13.3 Å². The van der Waals surface area contributed by atoms with Crippen molar-refractivity contribution in [3.63, 3.8) is 0 Å². The van der Waals surface area contributed by atoms with Gasteiger partial charge in [0.2, 0.25) is 10.0 Å². The molecule has 0 aliphatic rings. The third-order valence-electron chi connectivity index (χ3n) is 2.04. The van der Waals surface area contributed by atoms with Gasteiger partial charge in [0.15, 0.2) is 0 Å². The number of carbonyl (C=O) groups is 1. The summed E-state index contributed by atoms with van der Waals surface area (Å²) in [7, 11) is -2.08. The zero-order chi connectivity index (χ0) is 13.6. The molecule has 1 aromatic rings. The number of hydrogen-bond donors (Lipinski definition) is 2. The first-order chi connectivity index (χ1) is 8.46. The minimum Gasteiger partial charge on any atom is -0.453 e. The number of nitrogens with one attached hydrogen (secondary N) is 2. The highest BCUT2D eigenvalue weighted by atomic mass is 32.2. The van der Waals surface area contributed by atoms with Crippen molar-refractivity contribution in [3.05, 3.63) is 24.3 Å². The Morgan fingerprint density at radius 1 is 1.33 bits per heavy atom. The zero-order valence-corrected chi connectivity index (χ0v) is 11.1. The van der Waals surface area contributed by atoms with E-state index in [0.29, 0.717) is 17.8 Å². The number of amides is 1. The summed E-state index contributed by atoms with van der Waals surface area (Å²) in [6, 6.07) is 6.39. The van der Waals surface area contributed by atoms with Crippen molar-refractivity contribution in [1.82, 2.24) is 0 Å². The van der Waals surface area contributed by atoms with Gasteiger partial charge in [0, 0.05) is 5.69 Å². The Labute approximate surface area is 106 Å². The molecule has 0 saturated heterocycles. The molecule has 0 unspecified atom stereocenters. The predicted octanol–water partition coefficient (Wildman–Crippen LogP) is 2.02. The fourth-order valence-electron chi connectivity index (χ4n) is 1.33. The Morgan fingerprint density at radius 3 is 2.61 bits per heavy atom. The van der Waals surface area contributed by atoms with E-state index >= 15 is 0 Å². The minimum atomic E-state index is -3.33. The van der Waals surface area contributed by atoms with E-state index in [1.54, 1.807) is 25.1 Å². The number of hydrogen-bond acceptors (Lipinski definition) is 4. The van der Waals surface area contributed by atoms with Crippen LogP contribution in [-0.2, 0) is 14.8 Å². The molecule has 18 heavy (non-hydrogen) atoms. The van der Waals surface area contributed by atoms with Gasteiger partial charge < -0.3 is 4.74 Å². The third-order valence-corrected chi connectivity index (χ3v) is 3.53. The molecule has 0 aromatic heterocycles. The number of anilines is 2. The van der Waals surface area contributed by atoms with Gasteiger partial charge in [0.05, 0.1) is 18.6 Å².